The summed E-state index contributed by atoms with van der Waals surface area (Å²) in [6.45, 7) is -0.0479. The predicted octanol–water partition coefficient (Wildman–Crippen LogP) is 3.08. The van der Waals surface area contributed by atoms with Crippen molar-refractivity contribution in [2.75, 3.05) is 49.6 Å². The summed E-state index contributed by atoms with van der Waals surface area (Å²) >= 11 is 0. The van der Waals surface area contributed by atoms with Crippen LogP contribution in [0.3, 0.4) is 0 Å². The van der Waals surface area contributed by atoms with E-state index in [-0.39, 0.29) is 12.5 Å². The number of carbonyl (C=O) groups is 1. The van der Waals surface area contributed by atoms with Crippen molar-refractivity contribution in [2.45, 2.75) is 5.92 Å². The number of fused-ring (bicyclic) bond motifs is 1. The summed E-state index contributed by atoms with van der Waals surface area (Å²) < 4.78 is 58.7. The quantitative estimate of drug-likeness (QED) is 0.562. The summed E-state index contributed by atoms with van der Waals surface area (Å²) in [6.07, 6.45) is 0. The van der Waals surface area contributed by atoms with E-state index in [9.17, 15) is 27.2 Å². The smallest absolute Gasteiger partial charge is 0.408 e. The molecule has 7 nitrogen and oxygen atoms in total. The van der Waals surface area contributed by atoms with Crippen LogP contribution in [-0.4, -0.2) is 55.2 Å². The standard InChI is InChI=1S/C21H20F4N4O3/c22-12-21(24,25)15-10-14(2-3-16(15)23)29-7-5-28(6-8-29)11-19(30)26-13-1-4-17-18(9-13)32-20(31)27-17/h1-4,9-10H,5-8,11-12H2,(H,26,30)(H,27,31). The van der Waals surface area contributed by atoms with Crippen LogP contribution < -0.4 is 16.0 Å². The van der Waals surface area contributed by atoms with Gasteiger partial charge in [-0.15, -0.1) is 0 Å². The number of benzene rings is 2. The first-order chi connectivity index (χ1) is 15.2. The van der Waals surface area contributed by atoms with Crippen LogP contribution in [0.25, 0.3) is 11.1 Å². The van der Waals surface area contributed by atoms with E-state index in [0.717, 1.165) is 12.1 Å². The Balaban J connectivity index is 1.34. The summed E-state index contributed by atoms with van der Waals surface area (Å²) in [5.74, 6) is -5.87. The average Bonchev–Trinajstić information content (AvgIpc) is 3.14. The lowest BCUT2D eigenvalue weighted by Gasteiger charge is -2.36. The van der Waals surface area contributed by atoms with Crippen LogP contribution in [0.5, 0.6) is 0 Å². The van der Waals surface area contributed by atoms with Crippen LogP contribution in [0.4, 0.5) is 28.9 Å². The van der Waals surface area contributed by atoms with Crippen LogP contribution in [0, 0.1) is 5.82 Å². The van der Waals surface area contributed by atoms with Gasteiger partial charge in [-0.3, -0.25) is 14.7 Å². The van der Waals surface area contributed by atoms with E-state index < -0.39 is 29.7 Å². The summed E-state index contributed by atoms with van der Waals surface area (Å²) in [4.78, 5) is 29.8. The van der Waals surface area contributed by atoms with Crippen LogP contribution >= 0.6 is 0 Å². The highest BCUT2D eigenvalue weighted by molar-refractivity contribution is 5.94. The van der Waals surface area contributed by atoms with E-state index in [1.54, 1.807) is 23.1 Å². The highest BCUT2D eigenvalue weighted by atomic mass is 19.3. The maximum atomic E-state index is 13.8. The molecule has 0 atom stereocenters. The topological polar surface area (TPSA) is 81.6 Å². The lowest BCUT2D eigenvalue weighted by atomic mass is 10.1. The lowest BCUT2D eigenvalue weighted by molar-refractivity contribution is -0.117. The molecule has 0 aliphatic carbocycles. The Kier molecular flexibility index (Phi) is 5.92. The fraction of sp³-hybridized carbons (Fsp3) is 0.333. The molecule has 170 valence electrons. The number of halogens is 4. The van der Waals surface area contributed by atoms with Gasteiger partial charge in [0, 0.05) is 43.6 Å². The number of H-pyrrole nitrogens is 1. The number of piperazine rings is 1. The van der Waals surface area contributed by atoms with Crippen LogP contribution in [-0.2, 0) is 10.7 Å². The fourth-order valence-corrected chi connectivity index (χ4v) is 3.65. The number of amides is 1. The molecule has 4 rings (SSSR count). The minimum atomic E-state index is -3.88. The van der Waals surface area contributed by atoms with Crippen molar-refractivity contribution in [2.24, 2.45) is 0 Å². The zero-order valence-corrected chi connectivity index (χ0v) is 16.8. The maximum absolute atomic E-state index is 13.8. The number of aromatic amines is 1. The number of oxazole rings is 1. The van der Waals surface area contributed by atoms with Gasteiger partial charge in [0.05, 0.1) is 17.6 Å². The number of alkyl halides is 3. The van der Waals surface area contributed by atoms with Gasteiger partial charge in [0.15, 0.2) is 12.3 Å². The largest absolute Gasteiger partial charge is 0.417 e. The Hall–Kier alpha value is -3.34. The zero-order valence-electron chi connectivity index (χ0n) is 16.8. The van der Waals surface area contributed by atoms with E-state index in [2.05, 4.69) is 10.3 Å². The van der Waals surface area contributed by atoms with Gasteiger partial charge in [-0.05, 0) is 30.3 Å². The molecule has 1 saturated heterocycles. The first-order valence-electron chi connectivity index (χ1n) is 9.89. The predicted molar refractivity (Wildman–Crippen MR) is 110 cm³/mol. The number of nitrogens with zero attached hydrogens (tertiary/aromatic N) is 2. The molecule has 11 heteroatoms. The van der Waals surface area contributed by atoms with Crippen molar-refractivity contribution in [3.8, 4) is 0 Å². The Morgan fingerprint density at radius 3 is 2.59 bits per heavy atom. The van der Waals surface area contributed by atoms with Gasteiger partial charge >= 0.3 is 11.7 Å². The maximum Gasteiger partial charge on any atom is 0.417 e. The van der Waals surface area contributed by atoms with Gasteiger partial charge < -0.3 is 14.6 Å². The van der Waals surface area contributed by atoms with Gasteiger partial charge in [0.1, 0.15) is 5.82 Å². The van der Waals surface area contributed by atoms with E-state index >= 15 is 0 Å². The van der Waals surface area contributed by atoms with Crippen molar-refractivity contribution in [1.29, 1.82) is 0 Å². The molecule has 0 saturated carbocycles. The van der Waals surface area contributed by atoms with Gasteiger partial charge in [0.2, 0.25) is 5.91 Å². The summed E-state index contributed by atoms with van der Waals surface area (Å²) in [5, 5.41) is 2.74. The molecule has 2 heterocycles. The van der Waals surface area contributed by atoms with Crippen molar-refractivity contribution in [3.05, 3.63) is 58.3 Å². The molecule has 0 bridgehead atoms. The van der Waals surface area contributed by atoms with Gasteiger partial charge in [-0.25, -0.2) is 13.6 Å². The zero-order chi connectivity index (χ0) is 22.9. The Morgan fingerprint density at radius 2 is 1.88 bits per heavy atom. The average molecular weight is 452 g/mol. The number of carbonyl (C=O) groups excluding carboxylic acids is 1. The van der Waals surface area contributed by atoms with E-state index in [1.807, 2.05) is 4.90 Å². The van der Waals surface area contributed by atoms with Gasteiger partial charge in [-0.2, -0.15) is 8.78 Å². The summed E-state index contributed by atoms with van der Waals surface area (Å²) in [6, 6.07) is 8.08. The second-order valence-electron chi connectivity index (χ2n) is 7.54. The summed E-state index contributed by atoms with van der Waals surface area (Å²) in [7, 11) is 0. The number of hydrogen-bond acceptors (Lipinski definition) is 5. The third-order valence-corrected chi connectivity index (χ3v) is 5.32. The third-order valence-electron chi connectivity index (χ3n) is 5.32. The molecular formula is C21H20F4N4O3. The van der Waals surface area contributed by atoms with Crippen LogP contribution in [0.1, 0.15) is 5.56 Å². The Labute approximate surface area is 179 Å². The Bertz CT molecular complexity index is 1190. The van der Waals surface area contributed by atoms with Crippen molar-refractivity contribution in [1.82, 2.24) is 9.88 Å². The van der Waals surface area contributed by atoms with Crippen molar-refractivity contribution >= 4 is 28.4 Å². The minimum Gasteiger partial charge on any atom is -0.408 e. The molecule has 2 aromatic carbocycles. The van der Waals surface area contributed by atoms with Crippen molar-refractivity contribution < 1.29 is 26.8 Å². The number of hydrogen-bond donors (Lipinski definition) is 2. The normalized spacial score (nSPS) is 15.3. The molecule has 1 aliphatic heterocycles. The molecule has 0 unspecified atom stereocenters. The number of rotatable bonds is 6. The highest BCUT2D eigenvalue weighted by Gasteiger charge is 2.35. The molecule has 32 heavy (non-hydrogen) atoms. The Morgan fingerprint density at radius 1 is 1.12 bits per heavy atom. The molecule has 0 radical (unpaired) electrons. The first-order valence-corrected chi connectivity index (χ1v) is 9.89. The number of nitrogens with one attached hydrogen (secondary N) is 2. The second-order valence-corrected chi connectivity index (χ2v) is 7.54. The number of aromatic nitrogens is 1. The first kappa shape index (κ1) is 21.9. The van der Waals surface area contributed by atoms with Crippen LogP contribution in [0.15, 0.2) is 45.6 Å². The molecule has 2 N–H and O–H groups in total. The molecular weight excluding hydrogens is 432 g/mol. The lowest BCUT2D eigenvalue weighted by Crippen LogP contribution is -2.48. The van der Waals surface area contributed by atoms with Crippen molar-refractivity contribution in [3.63, 3.8) is 0 Å². The monoisotopic (exact) mass is 452 g/mol. The SMILES string of the molecule is O=C(CN1CCN(c2ccc(F)c(C(F)(F)CF)c2)CC1)Nc1ccc2[nH]c(=O)oc2c1. The molecule has 3 aromatic rings. The fourth-order valence-electron chi connectivity index (χ4n) is 3.65. The molecule has 0 spiro atoms. The van der Waals surface area contributed by atoms with E-state index in [4.69, 9.17) is 4.42 Å². The van der Waals surface area contributed by atoms with Gasteiger partial charge in [0.25, 0.3) is 0 Å². The van der Waals surface area contributed by atoms with Gasteiger partial charge in [-0.1, -0.05) is 0 Å². The summed E-state index contributed by atoms with van der Waals surface area (Å²) in [5.41, 5.74) is 0.752. The number of anilines is 2. The van der Waals surface area contributed by atoms with E-state index in [1.165, 1.54) is 6.07 Å². The molecule has 1 aliphatic rings. The minimum absolute atomic E-state index is 0.109. The third kappa shape index (κ3) is 4.62. The molecule has 1 amide bonds. The van der Waals surface area contributed by atoms with Crippen LogP contribution in [0.2, 0.25) is 0 Å². The molecule has 1 aromatic heterocycles. The second kappa shape index (κ2) is 8.65. The highest BCUT2D eigenvalue weighted by Crippen LogP contribution is 2.33. The van der Waals surface area contributed by atoms with E-state index in [0.29, 0.717) is 48.7 Å². The molecule has 1 fully saturated rings.